The minimum atomic E-state index is -2.39. The molecule has 47 heteroatoms. The summed E-state index contributed by atoms with van der Waals surface area (Å²) >= 11 is 0. The van der Waals surface area contributed by atoms with Crippen LogP contribution in [-0.4, -0.2) is 374 Å². The highest BCUT2D eigenvalue weighted by atomic mass is 19.2. The fourth-order valence-electron chi connectivity index (χ4n) is 12.7. The molecule has 12 atom stereocenters. The lowest BCUT2D eigenvalue weighted by atomic mass is 10.0. The second-order valence-corrected chi connectivity index (χ2v) is 32.6. The van der Waals surface area contributed by atoms with E-state index in [-0.39, 0.29) is 252 Å². The van der Waals surface area contributed by atoms with Crippen molar-refractivity contribution >= 4 is 59.2 Å². The maximum Gasteiger partial charge on any atom is 0.313 e. The average Bonchev–Trinajstić information content (AvgIpc) is 0.793. The first-order valence-corrected chi connectivity index (χ1v) is 44.5. The van der Waals surface area contributed by atoms with Gasteiger partial charge in [-0.25, -0.2) is 13.2 Å². The molecule has 18 N–H and O–H groups in total. The number of amides is 7. The number of nitrogens with two attached hydrogens (primary N) is 1. The topological polar surface area (TPSA) is 592 Å². The Hall–Kier alpha value is -7.15. The monoisotopic (exact) mass is 1900 g/mol. The summed E-state index contributed by atoms with van der Waals surface area (Å²) in [7, 11) is 0. The van der Waals surface area contributed by atoms with Crippen LogP contribution >= 0.6 is 0 Å². The van der Waals surface area contributed by atoms with Crippen LogP contribution in [-0.2, 0) is 105 Å². The zero-order chi connectivity index (χ0) is 96.4. The van der Waals surface area contributed by atoms with Crippen LogP contribution in [0.5, 0.6) is 5.75 Å². The Morgan fingerprint density at radius 3 is 1.15 bits per heavy atom. The summed E-state index contributed by atoms with van der Waals surface area (Å²) in [6.07, 6.45) is -7.21. The molecule has 1 aromatic carbocycles. The van der Waals surface area contributed by atoms with Crippen molar-refractivity contribution in [2.75, 3.05) is 178 Å². The van der Waals surface area contributed by atoms with Gasteiger partial charge in [-0.15, -0.1) is 0 Å². The third-order valence-corrected chi connectivity index (χ3v) is 20.4. The number of unbranched alkanes of at least 4 members (excludes halogenated alkanes) is 3. The van der Waals surface area contributed by atoms with Gasteiger partial charge in [-0.1, -0.05) is 0 Å². The van der Waals surface area contributed by atoms with Crippen molar-refractivity contribution in [3.05, 3.63) is 29.1 Å². The fourth-order valence-corrected chi connectivity index (χ4v) is 12.7. The maximum atomic E-state index is 14.2. The zero-order valence-corrected chi connectivity index (χ0v) is 75.4. The van der Waals surface area contributed by atoms with Gasteiger partial charge in [0.1, 0.15) is 42.2 Å². The molecule has 0 aliphatic carbocycles. The highest BCUT2D eigenvalue weighted by molar-refractivity contribution is 6.30. The highest BCUT2D eigenvalue weighted by Crippen LogP contribution is 2.31. The second-order valence-electron chi connectivity index (χ2n) is 32.6. The van der Waals surface area contributed by atoms with Crippen molar-refractivity contribution in [1.29, 1.82) is 0 Å². The maximum absolute atomic E-state index is 14.2. The molecule has 3 fully saturated rings. The number of hydrogen-bond acceptors (Lipinski definition) is 35. The molecule has 7 amide bonds. The van der Waals surface area contributed by atoms with Gasteiger partial charge in [-0.2, -0.15) is 13.9 Å². The Morgan fingerprint density at radius 2 is 0.756 bits per heavy atom. The number of aliphatic hydroxyl groups excluding tert-OH is 9. The number of hydrazone groups is 1. The molecule has 0 saturated carbocycles. The Balaban J connectivity index is 1.29. The first-order chi connectivity index (χ1) is 62.6. The molecular formula is C84H141F5N10O32. The smallest absolute Gasteiger partial charge is 0.313 e. The second kappa shape index (κ2) is 66.3. The number of aliphatic imine (C=N–C) groups is 1. The number of ether oxygens (including phenoxy) is 15. The summed E-state index contributed by atoms with van der Waals surface area (Å²) in [6, 6.07) is 0. The number of esters is 1. The molecule has 0 spiro atoms. The van der Waals surface area contributed by atoms with Gasteiger partial charge in [-0.05, 0) is 91.9 Å². The molecule has 42 nitrogen and oxygen atoms in total. The predicted molar refractivity (Wildman–Crippen MR) is 453 cm³/mol. The van der Waals surface area contributed by atoms with Gasteiger partial charge in [0.05, 0.1) is 154 Å². The molecule has 0 radical (unpaired) electrons. The molecule has 3 aliphatic rings. The Kier molecular flexibility index (Phi) is 58.8. The molecular weight excluding hydrogens is 1760 g/mol. The van der Waals surface area contributed by atoms with Crippen LogP contribution in [0.15, 0.2) is 10.1 Å². The van der Waals surface area contributed by atoms with Gasteiger partial charge in [0, 0.05) is 143 Å². The summed E-state index contributed by atoms with van der Waals surface area (Å²) < 4.78 is 153. The summed E-state index contributed by atoms with van der Waals surface area (Å²) in [5, 5.41) is 112. The van der Waals surface area contributed by atoms with Crippen molar-refractivity contribution in [1.82, 2.24) is 37.2 Å². The molecule has 1 aromatic rings. The summed E-state index contributed by atoms with van der Waals surface area (Å²) in [5.74, 6) is -11.1. The minimum absolute atomic E-state index is 0.00161. The average molecular weight is 1900 g/mol. The number of nitrogens with zero attached hydrogens (tertiary/aromatic N) is 2. The summed E-state index contributed by atoms with van der Waals surface area (Å²) in [6.45, 7) is 7.29. The van der Waals surface area contributed by atoms with E-state index < -0.39 is 181 Å². The largest absolute Gasteiger partial charge is 0.420 e. The van der Waals surface area contributed by atoms with Crippen molar-refractivity contribution < 1.29 is 177 Å². The number of benzene rings is 1. The van der Waals surface area contributed by atoms with Gasteiger partial charge in [0.15, 0.2) is 18.9 Å². The van der Waals surface area contributed by atoms with E-state index in [0.29, 0.717) is 64.2 Å². The molecule has 3 saturated heterocycles. The van der Waals surface area contributed by atoms with Crippen LogP contribution in [0.3, 0.4) is 0 Å². The van der Waals surface area contributed by atoms with Gasteiger partial charge < -0.3 is 160 Å². The SMILES string of the molecule is CC(C)(CCOCCOCCC(=O)Oc1c(F)c(F)c(F)c(F)c1F)OCC(C)(C)OCCOCCN=CC(CCC(=O)NC(COCCC(=O)NCCCNC(=O)CCCCO[C@H]1C[C@@H](O)[C@@H](O)[C@@H](CO)O1)(COCCC(=O)NCCCNC(=O)CCCCO[C@H]1C[C@@H](O)[C@@H](O)[C@@H](CO)O1)COCCC(=O)NCCCNC(=O)CCCCO[C@H]1C[C@@H](O)[C@@H](O)[C@@H](CO)O1)=NN. The van der Waals surface area contributed by atoms with Crippen LogP contribution in [0.25, 0.3) is 0 Å². The van der Waals surface area contributed by atoms with Crippen molar-refractivity contribution in [2.45, 2.75) is 259 Å². The van der Waals surface area contributed by atoms with Crippen LogP contribution in [0.4, 0.5) is 22.0 Å². The lowest BCUT2D eigenvalue weighted by molar-refractivity contribution is -0.257. The molecule has 3 aliphatic heterocycles. The number of carbonyl (C=O) groups excluding carboxylic acids is 8. The van der Waals surface area contributed by atoms with E-state index in [1.807, 2.05) is 27.7 Å². The number of carbonyl (C=O) groups is 8. The van der Waals surface area contributed by atoms with Gasteiger partial charge in [0.25, 0.3) is 0 Å². The molecule has 0 bridgehead atoms. The molecule has 754 valence electrons. The van der Waals surface area contributed by atoms with E-state index in [0.717, 1.165) is 0 Å². The number of rotatable bonds is 73. The third-order valence-electron chi connectivity index (χ3n) is 20.4. The summed E-state index contributed by atoms with van der Waals surface area (Å²) in [4.78, 5) is 108. The third kappa shape index (κ3) is 49.8. The zero-order valence-electron chi connectivity index (χ0n) is 75.4. The van der Waals surface area contributed by atoms with Gasteiger partial charge in [-0.3, -0.25) is 43.3 Å². The molecule has 0 aromatic heterocycles. The highest BCUT2D eigenvalue weighted by Gasteiger charge is 2.41. The van der Waals surface area contributed by atoms with E-state index in [1.54, 1.807) is 0 Å². The first kappa shape index (κ1) is 116. The molecule has 131 heavy (non-hydrogen) atoms. The van der Waals surface area contributed by atoms with Crippen LogP contribution in [0.2, 0.25) is 0 Å². The fraction of sp³-hybridized carbons (Fsp3) is 0.810. The lowest BCUT2D eigenvalue weighted by Gasteiger charge is -2.36. The van der Waals surface area contributed by atoms with Crippen LogP contribution < -0.4 is 47.8 Å². The Labute approximate surface area is 759 Å². The Morgan fingerprint density at radius 1 is 0.397 bits per heavy atom. The lowest BCUT2D eigenvalue weighted by Crippen LogP contribution is -2.58. The Bertz CT molecular complexity index is 3290. The first-order valence-electron chi connectivity index (χ1n) is 44.5. The van der Waals surface area contributed by atoms with E-state index in [1.165, 1.54) is 6.21 Å². The number of nitrogens with one attached hydrogen (secondary N) is 7. The number of hydrogen-bond donors (Lipinski definition) is 17. The van der Waals surface area contributed by atoms with Gasteiger partial charge >= 0.3 is 5.97 Å². The number of aliphatic hydroxyl groups is 9. The van der Waals surface area contributed by atoms with E-state index in [2.05, 4.69) is 52.0 Å². The van der Waals surface area contributed by atoms with Crippen LogP contribution in [0.1, 0.15) is 169 Å². The normalized spacial score (nSPS) is 20.9. The standard InChI is InChI=1S/C84H141F5N10O32/c1-82(2,23-38-118-41-40-117-37-22-69(113)131-81-76(88)74(86)73(85)75(87)77(81)89)127-51-83(3,4)126-43-42-119-39-30-91-47-55(99-90)17-18-68(112)98-84(52-120-34-19-65(109)95-27-11-24-92-62(106)14-5-8-31-123-70-44-56(103)78(114)59(48-100)128-70,53-121-35-20-66(110)96-28-12-25-93-63(107)15-6-9-32-124-71-45-57(104)79(115)60(49-101)129-71)54-122-36-21-67(111)97-29-13-26-94-64(108)16-7-10-33-125-72-46-58(105)80(116)61(50-102)130-72/h47,56-61,70-72,78-80,100-105,114-116H,5-46,48-54,90H2,1-4H3,(H,92,106)(H,93,107)(H,94,108)(H,95,109)(H,96,110)(H,97,111)(H,98,112)/t56-,57-,58-,59-,60-,61-,70-,71-,72-,78-,79-,80-/m1/s1. The van der Waals surface area contributed by atoms with Crippen molar-refractivity contribution in [3.8, 4) is 5.75 Å². The van der Waals surface area contributed by atoms with E-state index in [9.17, 15) is 106 Å². The van der Waals surface area contributed by atoms with Gasteiger partial charge in [0.2, 0.25) is 76.2 Å². The van der Waals surface area contributed by atoms with Crippen molar-refractivity contribution in [3.63, 3.8) is 0 Å². The summed E-state index contributed by atoms with van der Waals surface area (Å²) in [5.41, 5.74) is -2.73. The minimum Gasteiger partial charge on any atom is -0.420 e. The molecule has 4 rings (SSSR count). The molecule has 3 heterocycles. The quantitative estimate of drug-likeness (QED) is 0.00422. The molecule has 0 unspecified atom stereocenters. The van der Waals surface area contributed by atoms with Crippen LogP contribution in [0, 0.1) is 29.1 Å². The van der Waals surface area contributed by atoms with E-state index >= 15 is 0 Å². The predicted octanol–water partition coefficient (Wildman–Crippen LogP) is -1.14. The number of halogens is 5. The van der Waals surface area contributed by atoms with E-state index in [4.69, 9.17) is 72.2 Å². The van der Waals surface area contributed by atoms with Crippen molar-refractivity contribution in [2.24, 2.45) is 15.9 Å².